The summed E-state index contributed by atoms with van der Waals surface area (Å²) in [7, 11) is 1.09. The largest absolute Gasteiger partial charge is 0.312 e. The van der Waals surface area contributed by atoms with Crippen molar-refractivity contribution in [3.8, 4) is 0 Å². The van der Waals surface area contributed by atoms with Crippen LogP contribution in [0.2, 0.25) is 0 Å². The van der Waals surface area contributed by atoms with Gasteiger partial charge in [-0.3, -0.25) is 4.21 Å². The van der Waals surface area contributed by atoms with Crippen LogP contribution >= 0.6 is 0 Å². The SMILES string of the molecule is CNC1c2ccccc2CC1S(=O)Cc1ccccc1C. The van der Waals surface area contributed by atoms with Gasteiger partial charge in [0.2, 0.25) is 0 Å². The Hall–Kier alpha value is -1.45. The number of aryl methyl sites for hydroxylation is 1. The first-order valence-corrected chi connectivity index (χ1v) is 8.75. The first-order valence-electron chi connectivity index (χ1n) is 7.37. The zero-order valence-electron chi connectivity index (χ0n) is 12.5. The Balaban J connectivity index is 1.82. The van der Waals surface area contributed by atoms with Crippen molar-refractivity contribution in [1.82, 2.24) is 5.32 Å². The maximum absolute atomic E-state index is 12.9. The standard InChI is InChI=1S/C18H21NOS/c1-13-7-3-4-9-15(13)12-21(20)17-11-14-8-5-6-10-16(14)18(17)19-2/h3-10,17-19H,11-12H2,1-2H3. The van der Waals surface area contributed by atoms with Gasteiger partial charge in [0.1, 0.15) is 0 Å². The predicted molar refractivity (Wildman–Crippen MR) is 88.8 cm³/mol. The Bertz CT molecular complexity index is 668. The first kappa shape index (κ1) is 14.5. The number of rotatable bonds is 4. The van der Waals surface area contributed by atoms with Gasteiger partial charge in [-0.2, -0.15) is 0 Å². The molecule has 0 amide bonds. The lowest BCUT2D eigenvalue weighted by atomic mass is 10.1. The van der Waals surface area contributed by atoms with Crippen molar-refractivity contribution in [2.24, 2.45) is 0 Å². The summed E-state index contributed by atoms with van der Waals surface area (Å²) in [5, 5.41) is 3.52. The lowest BCUT2D eigenvalue weighted by Crippen LogP contribution is -2.30. The van der Waals surface area contributed by atoms with E-state index in [1.165, 1.54) is 22.3 Å². The van der Waals surface area contributed by atoms with E-state index in [0.717, 1.165) is 6.42 Å². The maximum Gasteiger partial charge on any atom is 0.0586 e. The second-order valence-corrected chi connectivity index (χ2v) is 7.31. The van der Waals surface area contributed by atoms with Crippen LogP contribution < -0.4 is 5.32 Å². The average molecular weight is 299 g/mol. The van der Waals surface area contributed by atoms with Crippen molar-refractivity contribution in [2.75, 3.05) is 7.05 Å². The molecule has 3 unspecified atom stereocenters. The third-order valence-corrected chi connectivity index (χ3v) is 6.10. The van der Waals surface area contributed by atoms with Crippen LogP contribution in [0, 0.1) is 6.92 Å². The molecule has 3 atom stereocenters. The molecule has 0 aliphatic heterocycles. The second-order valence-electron chi connectivity index (χ2n) is 5.66. The quantitative estimate of drug-likeness (QED) is 0.940. The smallest absolute Gasteiger partial charge is 0.0586 e. The Morgan fingerprint density at radius 2 is 1.86 bits per heavy atom. The normalized spacial score (nSPS) is 22.0. The monoisotopic (exact) mass is 299 g/mol. The molecule has 2 aromatic carbocycles. The summed E-state index contributed by atoms with van der Waals surface area (Å²) < 4.78 is 12.9. The number of hydrogen-bond donors (Lipinski definition) is 1. The zero-order valence-corrected chi connectivity index (χ0v) is 13.3. The van der Waals surface area contributed by atoms with Crippen molar-refractivity contribution in [2.45, 2.75) is 30.4 Å². The first-order chi connectivity index (χ1) is 10.2. The summed E-state index contributed by atoms with van der Waals surface area (Å²) in [5.74, 6) is 0.642. The van der Waals surface area contributed by atoms with Crippen LogP contribution in [-0.4, -0.2) is 16.5 Å². The van der Waals surface area contributed by atoms with E-state index < -0.39 is 10.8 Å². The molecule has 110 valence electrons. The van der Waals surface area contributed by atoms with Crippen LogP contribution in [0.4, 0.5) is 0 Å². The van der Waals surface area contributed by atoms with Crippen LogP contribution in [0.1, 0.15) is 28.3 Å². The molecule has 3 heteroatoms. The molecule has 0 radical (unpaired) electrons. The topological polar surface area (TPSA) is 29.1 Å². The molecule has 1 N–H and O–H groups in total. The summed E-state index contributed by atoms with van der Waals surface area (Å²) >= 11 is 0. The molecular formula is C18H21NOS. The Morgan fingerprint density at radius 3 is 2.62 bits per heavy atom. The molecule has 21 heavy (non-hydrogen) atoms. The number of nitrogens with one attached hydrogen (secondary N) is 1. The Morgan fingerprint density at radius 1 is 1.14 bits per heavy atom. The summed E-state index contributed by atoms with van der Waals surface area (Å²) in [6.45, 7) is 2.09. The van der Waals surface area contributed by atoms with E-state index in [9.17, 15) is 4.21 Å². The zero-order chi connectivity index (χ0) is 14.8. The fourth-order valence-corrected chi connectivity index (χ4v) is 4.97. The van der Waals surface area contributed by atoms with Crippen molar-refractivity contribution in [3.05, 3.63) is 70.8 Å². The van der Waals surface area contributed by atoms with Crippen molar-refractivity contribution >= 4 is 10.8 Å². The highest BCUT2D eigenvalue weighted by Crippen LogP contribution is 2.35. The van der Waals surface area contributed by atoms with Crippen LogP contribution in [0.25, 0.3) is 0 Å². The van der Waals surface area contributed by atoms with Gasteiger partial charge in [-0.1, -0.05) is 48.5 Å². The number of fused-ring (bicyclic) bond motifs is 1. The van der Waals surface area contributed by atoms with Gasteiger partial charge in [-0.05, 0) is 42.6 Å². The van der Waals surface area contributed by atoms with Crippen molar-refractivity contribution in [3.63, 3.8) is 0 Å². The summed E-state index contributed by atoms with van der Waals surface area (Å²) in [4.78, 5) is 0. The Kier molecular flexibility index (Phi) is 4.22. The van der Waals surface area contributed by atoms with Gasteiger partial charge >= 0.3 is 0 Å². The summed E-state index contributed by atoms with van der Waals surface area (Å²) in [6, 6.07) is 16.9. The highest BCUT2D eigenvalue weighted by atomic mass is 32.2. The molecule has 0 bridgehead atoms. The van der Waals surface area contributed by atoms with E-state index in [-0.39, 0.29) is 11.3 Å². The minimum Gasteiger partial charge on any atom is -0.312 e. The summed E-state index contributed by atoms with van der Waals surface area (Å²) in [6.07, 6.45) is 0.903. The molecule has 2 aromatic rings. The predicted octanol–water partition coefficient (Wildman–Crippen LogP) is 3.13. The molecular weight excluding hydrogens is 278 g/mol. The highest BCUT2D eigenvalue weighted by molar-refractivity contribution is 7.84. The van der Waals surface area contributed by atoms with E-state index in [1.54, 1.807) is 0 Å². The van der Waals surface area contributed by atoms with Crippen LogP contribution in [0.5, 0.6) is 0 Å². The van der Waals surface area contributed by atoms with Gasteiger partial charge in [-0.25, -0.2) is 0 Å². The third kappa shape index (κ3) is 2.81. The fraction of sp³-hybridized carbons (Fsp3) is 0.333. The van der Waals surface area contributed by atoms with E-state index in [4.69, 9.17) is 0 Å². The fourth-order valence-electron chi connectivity index (χ4n) is 3.18. The van der Waals surface area contributed by atoms with Crippen LogP contribution in [0.15, 0.2) is 48.5 Å². The lowest BCUT2D eigenvalue weighted by Gasteiger charge is -2.20. The summed E-state index contributed by atoms with van der Waals surface area (Å²) in [5.41, 5.74) is 5.06. The van der Waals surface area contributed by atoms with E-state index in [0.29, 0.717) is 5.75 Å². The van der Waals surface area contributed by atoms with Gasteiger partial charge < -0.3 is 5.32 Å². The van der Waals surface area contributed by atoms with E-state index in [2.05, 4.69) is 48.6 Å². The van der Waals surface area contributed by atoms with Gasteiger partial charge in [-0.15, -0.1) is 0 Å². The van der Waals surface area contributed by atoms with Crippen LogP contribution in [-0.2, 0) is 23.0 Å². The molecule has 0 heterocycles. The van der Waals surface area contributed by atoms with E-state index in [1.807, 2.05) is 19.2 Å². The molecule has 2 nitrogen and oxygen atoms in total. The average Bonchev–Trinajstić information content (AvgIpc) is 2.88. The second kappa shape index (κ2) is 6.12. The minimum atomic E-state index is -0.875. The van der Waals surface area contributed by atoms with Gasteiger partial charge in [0.15, 0.2) is 0 Å². The lowest BCUT2D eigenvalue weighted by molar-refractivity contribution is 0.580. The molecule has 0 saturated carbocycles. The van der Waals surface area contributed by atoms with Gasteiger partial charge in [0, 0.05) is 22.6 Å². The molecule has 0 fully saturated rings. The maximum atomic E-state index is 12.9. The molecule has 0 spiro atoms. The number of hydrogen-bond acceptors (Lipinski definition) is 2. The molecule has 3 rings (SSSR count). The number of benzene rings is 2. The highest BCUT2D eigenvalue weighted by Gasteiger charge is 2.35. The van der Waals surface area contributed by atoms with Crippen molar-refractivity contribution in [1.29, 1.82) is 0 Å². The Labute approximate surface area is 129 Å². The van der Waals surface area contributed by atoms with Crippen molar-refractivity contribution < 1.29 is 4.21 Å². The van der Waals surface area contributed by atoms with Crippen LogP contribution in [0.3, 0.4) is 0 Å². The molecule has 1 aliphatic carbocycles. The van der Waals surface area contributed by atoms with Gasteiger partial charge in [0.05, 0.1) is 5.25 Å². The molecule has 1 aliphatic rings. The molecule has 0 saturated heterocycles. The van der Waals surface area contributed by atoms with Gasteiger partial charge in [0.25, 0.3) is 0 Å². The molecule has 0 aromatic heterocycles. The van der Waals surface area contributed by atoms with E-state index >= 15 is 0 Å². The third-order valence-electron chi connectivity index (χ3n) is 4.39. The minimum absolute atomic E-state index is 0.159.